The number of nitrogens with one attached hydrogen (secondary N) is 3. The number of carbonyl (C=O) groups excluding carboxylic acids is 3. The van der Waals surface area contributed by atoms with Crippen LogP contribution >= 0.6 is 0 Å². The summed E-state index contributed by atoms with van der Waals surface area (Å²) in [6.45, 7) is 0.337. The van der Waals surface area contributed by atoms with Crippen molar-refractivity contribution >= 4 is 28.9 Å². The summed E-state index contributed by atoms with van der Waals surface area (Å²) in [5, 5.41) is 5.31. The lowest BCUT2D eigenvalue weighted by atomic mass is 10.1. The van der Waals surface area contributed by atoms with E-state index in [-0.39, 0.29) is 25.4 Å². The molecule has 9 nitrogen and oxygen atoms in total. The predicted octanol–water partition coefficient (Wildman–Crippen LogP) is 1.70. The third-order valence-electron chi connectivity index (χ3n) is 4.89. The average Bonchev–Trinajstić information content (AvgIpc) is 3.28. The Hall–Kier alpha value is -3.88. The Morgan fingerprint density at radius 3 is 2.67 bits per heavy atom. The second-order valence-electron chi connectivity index (χ2n) is 6.96. The number of benzene rings is 2. The monoisotopic (exact) mass is 407 g/mol. The lowest BCUT2D eigenvalue weighted by Gasteiger charge is -2.13. The number of nitrogens with zero attached hydrogens (tertiary/aromatic N) is 2. The summed E-state index contributed by atoms with van der Waals surface area (Å²) in [5.74, 6) is 0.539. The Bertz CT molecular complexity index is 1060. The van der Waals surface area contributed by atoms with Gasteiger partial charge >= 0.3 is 6.03 Å². The van der Waals surface area contributed by atoms with Gasteiger partial charge in [0.05, 0.1) is 37.7 Å². The van der Waals surface area contributed by atoms with Crippen LogP contribution < -0.4 is 15.4 Å². The van der Waals surface area contributed by atoms with E-state index < -0.39 is 18.0 Å². The number of rotatable bonds is 7. The zero-order valence-electron chi connectivity index (χ0n) is 16.3. The van der Waals surface area contributed by atoms with Gasteiger partial charge in [-0.25, -0.2) is 9.78 Å². The van der Waals surface area contributed by atoms with Crippen molar-refractivity contribution < 1.29 is 19.1 Å². The number of aromatic nitrogens is 2. The Morgan fingerprint density at radius 1 is 1.17 bits per heavy atom. The molecule has 4 rings (SSSR count). The van der Waals surface area contributed by atoms with Crippen molar-refractivity contribution in [3.8, 4) is 5.75 Å². The third kappa shape index (κ3) is 4.09. The molecule has 3 N–H and O–H groups in total. The smallest absolute Gasteiger partial charge is 0.325 e. The molecular weight excluding hydrogens is 386 g/mol. The molecule has 3 aromatic rings. The second-order valence-corrected chi connectivity index (χ2v) is 6.96. The van der Waals surface area contributed by atoms with E-state index >= 15 is 0 Å². The van der Waals surface area contributed by atoms with E-state index in [0.29, 0.717) is 11.6 Å². The van der Waals surface area contributed by atoms with Crippen LogP contribution in [0, 0.1) is 0 Å². The van der Waals surface area contributed by atoms with E-state index in [4.69, 9.17) is 4.74 Å². The minimum atomic E-state index is -0.883. The van der Waals surface area contributed by atoms with E-state index in [1.165, 1.54) is 0 Å². The van der Waals surface area contributed by atoms with Crippen molar-refractivity contribution in [2.24, 2.45) is 0 Å². The van der Waals surface area contributed by atoms with Crippen LogP contribution in [0.5, 0.6) is 5.75 Å². The minimum absolute atomic E-state index is 0.131. The maximum atomic E-state index is 12.6. The number of aromatic amines is 1. The van der Waals surface area contributed by atoms with Crippen molar-refractivity contribution in [3.63, 3.8) is 0 Å². The minimum Gasteiger partial charge on any atom is -0.497 e. The van der Waals surface area contributed by atoms with E-state index in [0.717, 1.165) is 21.5 Å². The van der Waals surface area contributed by atoms with Crippen LogP contribution in [0.4, 0.5) is 4.79 Å². The highest BCUT2D eigenvalue weighted by molar-refractivity contribution is 6.05. The van der Waals surface area contributed by atoms with Crippen LogP contribution in [0.1, 0.15) is 17.8 Å². The SMILES string of the molecule is COc1ccc(CN2C(=O)N[C@@H](CC(=O)NCc3nc4ccccc4[nH]3)C2=O)cc1. The van der Waals surface area contributed by atoms with E-state index in [2.05, 4.69) is 20.6 Å². The molecule has 1 aliphatic rings. The molecule has 1 atom stereocenters. The molecule has 2 aromatic carbocycles. The van der Waals surface area contributed by atoms with Crippen molar-refractivity contribution in [2.45, 2.75) is 25.6 Å². The largest absolute Gasteiger partial charge is 0.497 e. The molecule has 1 saturated heterocycles. The summed E-state index contributed by atoms with van der Waals surface area (Å²) in [6, 6.07) is 13.3. The Balaban J connectivity index is 1.32. The molecule has 9 heteroatoms. The average molecular weight is 407 g/mol. The molecule has 0 unspecified atom stereocenters. The summed E-state index contributed by atoms with van der Waals surface area (Å²) in [5.41, 5.74) is 2.48. The van der Waals surface area contributed by atoms with Gasteiger partial charge < -0.3 is 20.4 Å². The molecule has 4 amide bonds. The number of urea groups is 1. The van der Waals surface area contributed by atoms with Gasteiger partial charge in [0.2, 0.25) is 5.91 Å². The quantitative estimate of drug-likeness (QED) is 0.516. The normalized spacial score (nSPS) is 16.0. The molecule has 0 saturated carbocycles. The first-order valence-corrected chi connectivity index (χ1v) is 9.48. The third-order valence-corrected chi connectivity index (χ3v) is 4.89. The lowest BCUT2D eigenvalue weighted by molar-refractivity contribution is -0.131. The molecule has 1 fully saturated rings. The van der Waals surface area contributed by atoms with Gasteiger partial charge in [0, 0.05) is 0 Å². The van der Waals surface area contributed by atoms with Crippen molar-refractivity contribution in [3.05, 3.63) is 59.9 Å². The van der Waals surface area contributed by atoms with Crippen molar-refractivity contribution in [1.82, 2.24) is 25.5 Å². The number of imidazole rings is 1. The van der Waals surface area contributed by atoms with Crippen LogP contribution in [-0.4, -0.2) is 45.9 Å². The van der Waals surface area contributed by atoms with E-state index in [1.54, 1.807) is 31.4 Å². The molecule has 2 heterocycles. The molecule has 0 bridgehead atoms. The van der Waals surface area contributed by atoms with Crippen LogP contribution in [0.25, 0.3) is 11.0 Å². The molecular formula is C21H21N5O4. The summed E-state index contributed by atoms with van der Waals surface area (Å²) in [7, 11) is 1.57. The Kier molecular flexibility index (Phi) is 5.34. The zero-order valence-corrected chi connectivity index (χ0v) is 16.3. The number of imide groups is 1. The number of ether oxygens (including phenoxy) is 1. The highest BCUT2D eigenvalue weighted by Crippen LogP contribution is 2.17. The fraction of sp³-hybridized carbons (Fsp3) is 0.238. The second kappa shape index (κ2) is 8.24. The molecule has 0 spiro atoms. The number of methoxy groups -OCH3 is 1. The zero-order chi connectivity index (χ0) is 21.1. The highest BCUT2D eigenvalue weighted by Gasteiger charge is 2.38. The first-order valence-electron chi connectivity index (χ1n) is 9.48. The van der Waals surface area contributed by atoms with Gasteiger partial charge in [0.1, 0.15) is 17.6 Å². The van der Waals surface area contributed by atoms with E-state index in [9.17, 15) is 14.4 Å². The number of fused-ring (bicyclic) bond motifs is 1. The Morgan fingerprint density at radius 2 is 1.93 bits per heavy atom. The number of hydrogen-bond acceptors (Lipinski definition) is 5. The van der Waals surface area contributed by atoms with Crippen LogP contribution in [0.15, 0.2) is 48.5 Å². The van der Waals surface area contributed by atoms with Gasteiger partial charge in [-0.3, -0.25) is 14.5 Å². The molecule has 30 heavy (non-hydrogen) atoms. The number of carbonyl (C=O) groups is 3. The summed E-state index contributed by atoms with van der Waals surface area (Å²) in [4.78, 5) is 45.7. The van der Waals surface area contributed by atoms with Gasteiger partial charge in [-0.15, -0.1) is 0 Å². The maximum Gasteiger partial charge on any atom is 0.325 e. The first-order chi connectivity index (χ1) is 14.5. The molecule has 0 radical (unpaired) electrons. The van der Waals surface area contributed by atoms with Crippen LogP contribution in [0.2, 0.25) is 0 Å². The van der Waals surface area contributed by atoms with E-state index in [1.807, 2.05) is 24.3 Å². The number of H-pyrrole nitrogens is 1. The number of hydrogen-bond donors (Lipinski definition) is 3. The molecule has 0 aliphatic carbocycles. The topological polar surface area (TPSA) is 116 Å². The van der Waals surface area contributed by atoms with Crippen LogP contribution in [0.3, 0.4) is 0 Å². The first kappa shape index (κ1) is 19.4. The lowest BCUT2D eigenvalue weighted by Crippen LogP contribution is -2.36. The summed E-state index contributed by atoms with van der Waals surface area (Å²) in [6.07, 6.45) is -0.135. The predicted molar refractivity (Wildman–Crippen MR) is 108 cm³/mol. The fourth-order valence-electron chi connectivity index (χ4n) is 3.31. The molecule has 1 aromatic heterocycles. The van der Waals surface area contributed by atoms with Gasteiger partial charge in [0.25, 0.3) is 5.91 Å². The van der Waals surface area contributed by atoms with Crippen LogP contribution in [-0.2, 0) is 22.7 Å². The maximum absolute atomic E-state index is 12.6. The Labute approximate surface area is 172 Å². The number of amides is 4. The fourth-order valence-corrected chi connectivity index (χ4v) is 3.31. The number of para-hydroxylation sites is 2. The molecule has 154 valence electrons. The van der Waals surface area contributed by atoms with Crippen molar-refractivity contribution in [2.75, 3.05) is 7.11 Å². The summed E-state index contributed by atoms with van der Waals surface area (Å²) < 4.78 is 5.10. The van der Waals surface area contributed by atoms with Gasteiger partial charge in [-0.2, -0.15) is 0 Å². The summed E-state index contributed by atoms with van der Waals surface area (Å²) >= 11 is 0. The van der Waals surface area contributed by atoms with Gasteiger partial charge in [-0.1, -0.05) is 24.3 Å². The highest BCUT2D eigenvalue weighted by atomic mass is 16.5. The van der Waals surface area contributed by atoms with Gasteiger partial charge in [0.15, 0.2) is 0 Å². The van der Waals surface area contributed by atoms with Crippen molar-refractivity contribution in [1.29, 1.82) is 0 Å². The standard InChI is InChI=1S/C21H21N5O4/c1-30-14-8-6-13(7-9-14)12-26-20(28)17(25-21(26)29)10-19(27)22-11-18-23-15-4-2-3-5-16(15)24-18/h2-9,17H,10-12H2,1H3,(H,22,27)(H,23,24)(H,25,29)/t17-/m0/s1. The molecule has 1 aliphatic heterocycles. The van der Waals surface area contributed by atoms with Gasteiger partial charge in [-0.05, 0) is 29.8 Å².